The van der Waals surface area contributed by atoms with Crippen LogP contribution in [0.3, 0.4) is 0 Å². The van der Waals surface area contributed by atoms with Crippen LogP contribution in [0.4, 0.5) is 11.5 Å². The van der Waals surface area contributed by atoms with Crippen LogP contribution in [0.5, 0.6) is 5.75 Å². The lowest BCUT2D eigenvalue weighted by Crippen LogP contribution is -2.16. The number of nitro groups is 1. The largest absolute Gasteiger partial charge is 0.494 e. The highest BCUT2D eigenvalue weighted by Crippen LogP contribution is 2.36. The maximum Gasteiger partial charge on any atom is 0.269 e. The second-order valence-electron chi connectivity index (χ2n) is 7.13. The van der Waals surface area contributed by atoms with E-state index in [1.54, 1.807) is 52.8 Å². The number of carbonyl (C=O) groups is 1. The number of aromatic nitrogens is 2. The first-order valence-corrected chi connectivity index (χ1v) is 11.2. The fourth-order valence-corrected chi connectivity index (χ4v) is 4.30. The smallest absolute Gasteiger partial charge is 0.269 e. The number of hydrogen-bond acceptors (Lipinski definition) is 6. The monoisotopic (exact) mass is 438 g/mol. The van der Waals surface area contributed by atoms with Crippen LogP contribution in [0.1, 0.15) is 41.4 Å². The summed E-state index contributed by atoms with van der Waals surface area (Å²) in [7, 11) is 0. The molecule has 0 spiro atoms. The predicted molar refractivity (Wildman–Crippen MR) is 120 cm³/mol. The molecule has 1 aliphatic heterocycles. The second-order valence-corrected chi connectivity index (χ2v) is 8.12. The minimum absolute atomic E-state index is 0.00540. The molecule has 0 saturated heterocycles. The molecule has 0 unspecified atom stereocenters. The Balaban J connectivity index is 1.56. The molecule has 0 fully saturated rings. The molecule has 1 aliphatic rings. The van der Waals surface area contributed by atoms with Crippen molar-refractivity contribution < 1.29 is 14.5 Å². The van der Waals surface area contributed by atoms with Crippen LogP contribution in [0, 0.1) is 10.1 Å². The second kappa shape index (κ2) is 9.22. The molecule has 0 saturated carbocycles. The summed E-state index contributed by atoms with van der Waals surface area (Å²) in [5, 5.41) is 18.6. The van der Waals surface area contributed by atoms with E-state index in [9.17, 15) is 14.9 Å². The molecule has 0 radical (unpaired) electrons. The predicted octanol–water partition coefficient (Wildman–Crippen LogP) is 4.96. The number of nitrogens with zero attached hydrogens (tertiary/aromatic N) is 3. The van der Waals surface area contributed by atoms with Crippen molar-refractivity contribution in [3.8, 4) is 11.4 Å². The normalized spacial score (nSPS) is 12.4. The number of benzene rings is 2. The Bertz CT molecular complexity index is 1090. The zero-order chi connectivity index (χ0) is 21.8. The zero-order valence-corrected chi connectivity index (χ0v) is 17.9. The van der Waals surface area contributed by atoms with Crippen molar-refractivity contribution in [3.05, 3.63) is 75.5 Å². The third-order valence-electron chi connectivity index (χ3n) is 4.97. The molecule has 160 valence electrons. The molecule has 0 bridgehead atoms. The van der Waals surface area contributed by atoms with Gasteiger partial charge in [-0.3, -0.25) is 14.9 Å². The molecule has 2 heterocycles. The highest BCUT2D eigenvalue weighted by Gasteiger charge is 2.25. The Hall–Kier alpha value is -3.33. The third kappa shape index (κ3) is 4.56. The molecule has 3 aromatic rings. The average molecular weight is 439 g/mol. The summed E-state index contributed by atoms with van der Waals surface area (Å²) in [6.07, 6.45) is 2.05. The molecule has 1 N–H and O–H groups in total. The van der Waals surface area contributed by atoms with E-state index in [1.807, 2.05) is 0 Å². The van der Waals surface area contributed by atoms with Crippen LogP contribution in [0.25, 0.3) is 5.69 Å². The zero-order valence-electron chi connectivity index (χ0n) is 17.0. The molecular formula is C22H22N4O4S. The fourth-order valence-electron chi connectivity index (χ4n) is 3.26. The molecule has 1 aromatic heterocycles. The van der Waals surface area contributed by atoms with E-state index < -0.39 is 4.92 Å². The molecule has 9 heteroatoms. The first-order chi connectivity index (χ1) is 15.1. The number of thioether (sulfide) groups is 1. The van der Waals surface area contributed by atoms with Crippen LogP contribution in [-0.4, -0.2) is 27.2 Å². The Kier molecular flexibility index (Phi) is 6.22. The summed E-state index contributed by atoms with van der Waals surface area (Å²) >= 11 is 1.74. The van der Waals surface area contributed by atoms with E-state index >= 15 is 0 Å². The Labute approximate surface area is 183 Å². The SMILES string of the molecule is CCCCOc1ccc(C(=O)Nc2c3c(nn2-c2ccc([N+](=O)[O-])cc2)CSC3)cc1. The van der Waals surface area contributed by atoms with E-state index in [-0.39, 0.29) is 11.6 Å². The van der Waals surface area contributed by atoms with Crippen molar-refractivity contribution in [3.63, 3.8) is 0 Å². The number of unbranched alkanes of at least 4 members (excludes halogenated alkanes) is 1. The molecular weight excluding hydrogens is 416 g/mol. The summed E-state index contributed by atoms with van der Waals surface area (Å²) in [4.78, 5) is 23.4. The van der Waals surface area contributed by atoms with E-state index in [2.05, 4.69) is 17.3 Å². The molecule has 0 aliphatic carbocycles. The maximum atomic E-state index is 12.9. The number of hydrogen-bond donors (Lipinski definition) is 1. The molecule has 2 aromatic carbocycles. The van der Waals surface area contributed by atoms with Gasteiger partial charge < -0.3 is 10.1 Å². The summed E-state index contributed by atoms with van der Waals surface area (Å²) in [6.45, 7) is 2.76. The van der Waals surface area contributed by atoms with Crippen molar-refractivity contribution >= 4 is 29.2 Å². The molecule has 31 heavy (non-hydrogen) atoms. The van der Waals surface area contributed by atoms with Crippen molar-refractivity contribution in [2.24, 2.45) is 0 Å². The van der Waals surface area contributed by atoms with Crippen molar-refractivity contribution in [1.29, 1.82) is 0 Å². The number of rotatable bonds is 8. The minimum Gasteiger partial charge on any atom is -0.494 e. The summed E-state index contributed by atoms with van der Waals surface area (Å²) in [5.74, 6) is 2.60. The van der Waals surface area contributed by atoms with Gasteiger partial charge in [-0.15, -0.1) is 0 Å². The Morgan fingerprint density at radius 3 is 2.61 bits per heavy atom. The molecule has 1 amide bonds. The van der Waals surface area contributed by atoms with Crippen molar-refractivity contribution in [2.45, 2.75) is 31.3 Å². The average Bonchev–Trinajstić information content (AvgIpc) is 3.37. The van der Waals surface area contributed by atoms with E-state index in [0.29, 0.717) is 23.7 Å². The van der Waals surface area contributed by atoms with Crippen LogP contribution in [-0.2, 0) is 11.5 Å². The highest BCUT2D eigenvalue weighted by molar-refractivity contribution is 7.98. The summed E-state index contributed by atoms with van der Waals surface area (Å²) in [6, 6.07) is 13.2. The summed E-state index contributed by atoms with van der Waals surface area (Å²) < 4.78 is 7.30. The number of ether oxygens (including phenoxy) is 1. The van der Waals surface area contributed by atoms with Gasteiger partial charge in [0.2, 0.25) is 0 Å². The standard InChI is InChI=1S/C22H22N4O4S/c1-2-3-12-30-18-10-4-15(5-11-18)22(27)23-21-19-13-31-14-20(19)24-25(21)16-6-8-17(9-7-16)26(28)29/h4-11H,2-3,12-14H2,1H3,(H,23,27). The quantitative estimate of drug-likeness (QED) is 0.303. The van der Waals surface area contributed by atoms with Crippen LogP contribution < -0.4 is 10.1 Å². The van der Waals surface area contributed by atoms with Gasteiger partial charge in [0.1, 0.15) is 11.6 Å². The number of non-ortho nitro benzene ring substituents is 1. The van der Waals surface area contributed by atoms with Gasteiger partial charge in [-0.2, -0.15) is 16.9 Å². The van der Waals surface area contributed by atoms with Crippen LogP contribution in [0.15, 0.2) is 48.5 Å². The van der Waals surface area contributed by atoms with Gasteiger partial charge in [0, 0.05) is 34.8 Å². The fraction of sp³-hybridized carbons (Fsp3) is 0.273. The van der Waals surface area contributed by atoms with E-state index in [1.165, 1.54) is 12.1 Å². The van der Waals surface area contributed by atoms with Crippen LogP contribution >= 0.6 is 11.8 Å². The topological polar surface area (TPSA) is 99.3 Å². The minimum atomic E-state index is -0.443. The first-order valence-electron chi connectivity index (χ1n) is 10.0. The van der Waals surface area contributed by atoms with Gasteiger partial charge in [0.15, 0.2) is 0 Å². The highest BCUT2D eigenvalue weighted by atomic mass is 32.2. The van der Waals surface area contributed by atoms with Gasteiger partial charge in [0.25, 0.3) is 11.6 Å². The van der Waals surface area contributed by atoms with E-state index in [0.717, 1.165) is 41.4 Å². The first kappa shape index (κ1) is 20.9. The molecule has 4 rings (SSSR count). The molecule has 8 nitrogen and oxygen atoms in total. The van der Waals surface area contributed by atoms with Gasteiger partial charge in [-0.1, -0.05) is 13.3 Å². The Morgan fingerprint density at radius 2 is 1.94 bits per heavy atom. The number of fused-ring (bicyclic) bond motifs is 1. The van der Waals surface area contributed by atoms with Crippen LogP contribution in [0.2, 0.25) is 0 Å². The molecule has 0 atom stereocenters. The van der Waals surface area contributed by atoms with Gasteiger partial charge in [-0.25, -0.2) is 4.68 Å². The number of carbonyl (C=O) groups excluding carboxylic acids is 1. The Morgan fingerprint density at radius 1 is 1.19 bits per heavy atom. The van der Waals surface area contributed by atoms with Gasteiger partial charge in [-0.05, 0) is 42.8 Å². The van der Waals surface area contributed by atoms with Gasteiger partial charge in [0.05, 0.1) is 22.9 Å². The van der Waals surface area contributed by atoms with E-state index in [4.69, 9.17) is 4.74 Å². The summed E-state index contributed by atoms with van der Waals surface area (Å²) in [5.41, 5.74) is 3.07. The van der Waals surface area contributed by atoms with Crippen molar-refractivity contribution in [1.82, 2.24) is 9.78 Å². The lowest BCUT2D eigenvalue weighted by Gasteiger charge is -2.11. The number of nitro benzene ring substituents is 1. The number of anilines is 1. The van der Waals surface area contributed by atoms with Crippen molar-refractivity contribution in [2.75, 3.05) is 11.9 Å². The third-order valence-corrected chi connectivity index (χ3v) is 5.94. The number of amides is 1. The lowest BCUT2D eigenvalue weighted by molar-refractivity contribution is -0.384. The van der Waals surface area contributed by atoms with Gasteiger partial charge >= 0.3 is 0 Å². The number of nitrogens with one attached hydrogen (secondary N) is 1. The lowest BCUT2D eigenvalue weighted by atomic mass is 10.2. The maximum absolute atomic E-state index is 12.9.